The average molecular weight is 244 g/mol. The summed E-state index contributed by atoms with van der Waals surface area (Å²) in [4.78, 5) is 8.72. The van der Waals surface area contributed by atoms with E-state index >= 15 is 0 Å². The van der Waals surface area contributed by atoms with Crippen LogP contribution in [0.5, 0.6) is 0 Å². The predicted octanol–water partition coefficient (Wildman–Crippen LogP) is 1.73. The van der Waals surface area contributed by atoms with Crippen molar-refractivity contribution in [2.24, 2.45) is 5.92 Å². The van der Waals surface area contributed by atoms with Gasteiger partial charge in [-0.1, -0.05) is 18.1 Å². The highest BCUT2D eigenvalue weighted by Gasteiger charge is 2.29. The molecule has 0 aliphatic carbocycles. The van der Waals surface area contributed by atoms with Crippen LogP contribution in [0.3, 0.4) is 0 Å². The highest BCUT2D eigenvalue weighted by Crippen LogP contribution is 2.27. The zero-order chi connectivity index (χ0) is 12.4. The summed E-state index contributed by atoms with van der Waals surface area (Å²) >= 11 is 0. The molecular weight excluding hydrogens is 228 g/mol. The molecule has 1 aliphatic rings. The molecule has 2 unspecified atom stereocenters. The van der Waals surface area contributed by atoms with E-state index < -0.39 is 0 Å². The average Bonchev–Trinajstić information content (AvgIpc) is 2.99. The summed E-state index contributed by atoms with van der Waals surface area (Å²) in [6.07, 6.45) is 3.55. The first kappa shape index (κ1) is 11.3. The lowest BCUT2D eigenvalue weighted by Crippen LogP contribution is -2.16. The lowest BCUT2D eigenvalue weighted by molar-refractivity contribution is 0.317. The Kier molecular flexibility index (Phi) is 3.06. The first-order valence-electron chi connectivity index (χ1n) is 6.28. The van der Waals surface area contributed by atoms with Gasteiger partial charge in [0.2, 0.25) is 5.89 Å². The van der Waals surface area contributed by atoms with Gasteiger partial charge in [0.15, 0.2) is 5.82 Å². The molecule has 0 bridgehead atoms. The van der Waals surface area contributed by atoms with Crippen LogP contribution < -0.4 is 5.32 Å². The molecule has 2 aromatic rings. The van der Waals surface area contributed by atoms with Crippen LogP contribution in [0.25, 0.3) is 0 Å². The van der Waals surface area contributed by atoms with E-state index in [0.717, 1.165) is 18.7 Å². The van der Waals surface area contributed by atoms with Gasteiger partial charge in [-0.25, -0.2) is 0 Å². The summed E-state index contributed by atoms with van der Waals surface area (Å²) in [6.45, 7) is 3.22. The van der Waals surface area contributed by atoms with Crippen LogP contribution in [0.2, 0.25) is 0 Å². The van der Waals surface area contributed by atoms with E-state index in [1.165, 1.54) is 0 Å². The van der Waals surface area contributed by atoms with Gasteiger partial charge in [-0.3, -0.25) is 4.98 Å². The summed E-state index contributed by atoms with van der Waals surface area (Å²) in [5.41, 5.74) is 0.956. The van der Waals surface area contributed by atoms with Crippen LogP contribution in [0.1, 0.15) is 36.8 Å². The molecule has 0 saturated carbocycles. The Bertz CT molecular complexity index is 511. The van der Waals surface area contributed by atoms with Crippen LogP contribution in [-0.2, 0) is 6.42 Å². The van der Waals surface area contributed by atoms with Gasteiger partial charge >= 0.3 is 0 Å². The van der Waals surface area contributed by atoms with Crippen molar-refractivity contribution in [3.8, 4) is 0 Å². The smallest absolute Gasteiger partial charge is 0.244 e. The molecule has 1 saturated heterocycles. The van der Waals surface area contributed by atoms with E-state index in [4.69, 9.17) is 4.52 Å². The van der Waals surface area contributed by atoms with Crippen molar-refractivity contribution in [3.05, 3.63) is 41.8 Å². The summed E-state index contributed by atoms with van der Waals surface area (Å²) in [6, 6.07) is 6.03. The van der Waals surface area contributed by atoms with Crippen molar-refractivity contribution < 1.29 is 4.52 Å². The summed E-state index contributed by atoms with van der Waals surface area (Å²) in [7, 11) is 0. The van der Waals surface area contributed by atoms with E-state index in [0.29, 0.717) is 24.1 Å². The van der Waals surface area contributed by atoms with Gasteiger partial charge in [0, 0.05) is 11.9 Å². The topological polar surface area (TPSA) is 63.8 Å². The molecule has 2 aromatic heterocycles. The molecule has 1 N–H and O–H groups in total. The zero-order valence-corrected chi connectivity index (χ0v) is 10.3. The summed E-state index contributed by atoms with van der Waals surface area (Å²) < 4.78 is 5.34. The van der Waals surface area contributed by atoms with Crippen molar-refractivity contribution in [3.63, 3.8) is 0 Å². The maximum absolute atomic E-state index is 5.34. The number of hydrogen-bond donors (Lipinski definition) is 1. The molecular formula is C13H16N4O. The van der Waals surface area contributed by atoms with E-state index in [2.05, 4.69) is 27.4 Å². The van der Waals surface area contributed by atoms with E-state index in [1.807, 2.05) is 18.2 Å². The minimum absolute atomic E-state index is 0.204. The number of aromatic nitrogens is 3. The summed E-state index contributed by atoms with van der Waals surface area (Å²) in [5, 5.41) is 7.41. The SMILES string of the molecule is CC1CCNC1c1nc(Cc2ccccn2)no1. The Morgan fingerprint density at radius 2 is 2.39 bits per heavy atom. The van der Waals surface area contributed by atoms with Gasteiger partial charge in [0.25, 0.3) is 0 Å². The standard InChI is InChI=1S/C13H16N4O/c1-9-5-7-15-12(9)13-16-11(17-18-13)8-10-4-2-3-6-14-10/h2-4,6,9,12,15H,5,7-8H2,1H3. The van der Waals surface area contributed by atoms with Gasteiger partial charge in [0.1, 0.15) is 0 Å². The number of nitrogens with zero attached hydrogens (tertiary/aromatic N) is 3. The largest absolute Gasteiger partial charge is 0.338 e. The maximum Gasteiger partial charge on any atom is 0.244 e. The van der Waals surface area contributed by atoms with E-state index in [-0.39, 0.29) is 6.04 Å². The van der Waals surface area contributed by atoms with Gasteiger partial charge < -0.3 is 9.84 Å². The molecule has 0 radical (unpaired) electrons. The number of rotatable bonds is 3. The Morgan fingerprint density at radius 1 is 1.44 bits per heavy atom. The predicted molar refractivity (Wildman–Crippen MR) is 65.9 cm³/mol. The minimum atomic E-state index is 0.204. The number of nitrogens with one attached hydrogen (secondary N) is 1. The highest BCUT2D eigenvalue weighted by atomic mass is 16.5. The molecule has 18 heavy (non-hydrogen) atoms. The van der Waals surface area contributed by atoms with Crippen molar-refractivity contribution >= 4 is 0 Å². The first-order valence-corrected chi connectivity index (χ1v) is 6.28. The molecule has 5 nitrogen and oxygen atoms in total. The van der Waals surface area contributed by atoms with Crippen LogP contribution in [-0.4, -0.2) is 21.7 Å². The third-order valence-electron chi connectivity index (χ3n) is 3.35. The quantitative estimate of drug-likeness (QED) is 0.890. The third-order valence-corrected chi connectivity index (χ3v) is 3.35. The highest BCUT2D eigenvalue weighted by molar-refractivity contribution is 5.10. The van der Waals surface area contributed by atoms with Crippen LogP contribution in [0.15, 0.2) is 28.9 Å². The van der Waals surface area contributed by atoms with E-state index in [9.17, 15) is 0 Å². The van der Waals surface area contributed by atoms with Gasteiger partial charge in [-0.05, 0) is 31.0 Å². The van der Waals surface area contributed by atoms with Crippen molar-refractivity contribution in [2.45, 2.75) is 25.8 Å². The van der Waals surface area contributed by atoms with E-state index in [1.54, 1.807) is 6.20 Å². The van der Waals surface area contributed by atoms with Gasteiger partial charge in [-0.15, -0.1) is 0 Å². The lowest BCUT2D eigenvalue weighted by atomic mass is 10.0. The molecule has 3 rings (SSSR count). The van der Waals surface area contributed by atoms with Crippen LogP contribution >= 0.6 is 0 Å². The van der Waals surface area contributed by atoms with Crippen LogP contribution in [0.4, 0.5) is 0 Å². The second-order valence-corrected chi connectivity index (χ2v) is 4.74. The molecule has 0 spiro atoms. The Hall–Kier alpha value is -1.75. The Labute approximate surface area is 106 Å². The molecule has 5 heteroatoms. The Morgan fingerprint density at radius 3 is 3.11 bits per heavy atom. The van der Waals surface area contributed by atoms with Crippen molar-refractivity contribution in [1.29, 1.82) is 0 Å². The first-order chi connectivity index (χ1) is 8.83. The Balaban J connectivity index is 1.74. The monoisotopic (exact) mass is 244 g/mol. The molecule has 0 aromatic carbocycles. The number of hydrogen-bond acceptors (Lipinski definition) is 5. The van der Waals surface area contributed by atoms with Crippen molar-refractivity contribution in [2.75, 3.05) is 6.54 Å². The fourth-order valence-electron chi connectivity index (χ4n) is 2.30. The fourth-order valence-corrected chi connectivity index (χ4v) is 2.30. The molecule has 2 atom stereocenters. The van der Waals surface area contributed by atoms with Crippen molar-refractivity contribution in [1.82, 2.24) is 20.4 Å². The summed E-state index contributed by atoms with van der Waals surface area (Å²) in [5.74, 6) is 1.95. The third kappa shape index (κ3) is 2.26. The minimum Gasteiger partial charge on any atom is -0.338 e. The van der Waals surface area contributed by atoms with Gasteiger partial charge in [-0.2, -0.15) is 4.98 Å². The molecule has 1 aliphatic heterocycles. The van der Waals surface area contributed by atoms with Gasteiger partial charge in [0.05, 0.1) is 12.5 Å². The normalized spacial score (nSPS) is 23.4. The molecule has 3 heterocycles. The number of pyridine rings is 1. The maximum atomic E-state index is 5.34. The zero-order valence-electron chi connectivity index (χ0n) is 10.3. The second kappa shape index (κ2) is 4.86. The second-order valence-electron chi connectivity index (χ2n) is 4.74. The molecule has 94 valence electrons. The molecule has 1 fully saturated rings. The fraction of sp³-hybridized carbons (Fsp3) is 0.462. The van der Waals surface area contributed by atoms with Crippen LogP contribution in [0, 0.1) is 5.92 Å². The lowest BCUT2D eigenvalue weighted by Gasteiger charge is -2.09. The molecule has 0 amide bonds.